The first kappa shape index (κ1) is 20.8. The molecule has 28 heavy (non-hydrogen) atoms. The summed E-state index contributed by atoms with van der Waals surface area (Å²) in [4.78, 5) is 29.2. The van der Waals surface area contributed by atoms with Crippen molar-refractivity contribution in [2.45, 2.75) is 38.5 Å². The molecule has 6 heteroatoms. The Hall–Kier alpha value is -1.92. The molecular formula is C22H26N2O2S2. The van der Waals surface area contributed by atoms with Crippen molar-refractivity contribution in [3.8, 4) is 0 Å². The fraction of sp³-hybridized carbons (Fsp3) is 0.409. The van der Waals surface area contributed by atoms with Crippen LogP contribution in [0.1, 0.15) is 44.1 Å². The van der Waals surface area contributed by atoms with E-state index in [0.717, 1.165) is 31.5 Å². The first-order valence-electron chi connectivity index (χ1n) is 9.90. The fourth-order valence-corrected chi connectivity index (χ4v) is 4.64. The van der Waals surface area contributed by atoms with Crippen LogP contribution < -0.4 is 0 Å². The number of benzene rings is 1. The zero-order chi connectivity index (χ0) is 19.8. The summed E-state index contributed by atoms with van der Waals surface area (Å²) in [6.45, 7) is 2.25. The van der Waals surface area contributed by atoms with Gasteiger partial charge in [0.05, 0.1) is 4.91 Å². The van der Waals surface area contributed by atoms with Crippen molar-refractivity contribution in [1.82, 2.24) is 9.80 Å². The van der Waals surface area contributed by atoms with Gasteiger partial charge >= 0.3 is 0 Å². The van der Waals surface area contributed by atoms with Gasteiger partial charge in [0, 0.05) is 26.1 Å². The quantitative estimate of drug-likeness (QED) is 0.503. The van der Waals surface area contributed by atoms with Gasteiger partial charge in [0.2, 0.25) is 5.91 Å². The number of carbonyl (C=O) groups excluding carboxylic acids is 2. The number of allylic oxidation sites excluding steroid dienone is 2. The van der Waals surface area contributed by atoms with Gasteiger partial charge < -0.3 is 4.90 Å². The molecule has 0 saturated carbocycles. The van der Waals surface area contributed by atoms with E-state index in [2.05, 4.69) is 0 Å². The Bertz CT molecular complexity index is 766. The van der Waals surface area contributed by atoms with Crippen LogP contribution >= 0.6 is 24.0 Å². The van der Waals surface area contributed by atoms with E-state index < -0.39 is 0 Å². The molecule has 0 aliphatic carbocycles. The molecule has 0 atom stereocenters. The lowest BCUT2D eigenvalue weighted by Gasteiger charge is -2.21. The topological polar surface area (TPSA) is 40.6 Å². The Morgan fingerprint density at radius 3 is 2.54 bits per heavy atom. The van der Waals surface area contributed by atoms with Gasteiger partial charge in [0.25, 0.3) is 5.91 Å². The van der Waals surface area contributed by atoms with E-state index in [9.17, 15) is 9.59 Å². The van der Waals surface area contributed by atoms with E-state index in [1.807, 2.05) is 53.5 Å². The summed E-state index contributed by atoms with van der Waals surface area (Å²) in [7, 11) is 0. The standard InChI is InChI=1S/C22H26N2O2S2/c25-20(23-15-6-1-2-7-16-23)14-9-17-24-21(26)19(28-22(24)27)13-8-12-18-10-4-3-5-11-18/h3-5,8,10-13H,1-2,6-7,9,14-17H2. The van der Waals surface area contributed by atoms with Crippen LogP contribution in [0.15, 0.2) is 47.4 Å². The Balaban J connectivity index is 1.49. The Labute approximate surface area is 176 Å². The molecule has 4 nitrogen and oxygen atoms in total. The summed E-state index contributed by atoms with van der Waals surface area (Å²) in [5.41, 5.74) is 1.08. The molecule has 2 aliphatic rings. The highest BCUT2D eigenvalue weighted by Crippen LogP contribution is 2.31. The Morgan fingerprint density at radius 2 is 1.82 bits per heavy atom. The molecule has 0 bridgehead atoms. The molecule has 1 aromatic rings. The molecule has 148 valence electrons. The summed E-state index contributed by atoms with van der Waals surface area (Å²) >= 11 is 6.70. The summed E-state index contributed by atoms with van der Waals surface area (Å²) in [5, 5.41) is 0. The number of carbonyl (C=O) groups is 2. The Kier molecular flexibility index (Phi) is 7.86. The van der Waals surface area contributed by atoms with Crippen molar-refractivity contribution in [2.75, 3.05) is 19.6 Å². The largest absolute Gasteiger partial charge is 0.343 e. The fourth-order valence-electron chi connectivity index (χ4n) is 3.38. The van der Waals surface area contributed by atoms with Crippen molar-refractivity contribution in [1.29, 1.82) is 0 Å². The maximum Gasteiger partial charge on any atom is 0.266 e. The van der Waals surface area contributed by atoms with E-state index in [4.69, 9.17) is 12.2 Å². The van der Waals surface area contributed by atoms with Gasteiger partial charge in [-0.15, -0.1) is 0 Å². The van der Waals surface area contributed by atoms with Gasteiger partial charge in [-0.3, -0.25) is 14.5 Å². The van der Waals surface area contributed by atoms with Crippen LogP contribution in [0, 0.1) is 0 Å². The first-order valence-corrected chi connectivity index (χ1v) is 11.1. The van der Waals surface area contributed by atoms with Crippen LogP contribution in [0.3, 0.4) is 0 Å². The molecule has 3 rings (SSSR count). The molecule has 2 heterocycles. The molecule has 0 radical (unpaired) electrons. The highest BCUT2D eigenvalue weighted by atomic mass is 32.2. The molecule has 1 aromatic carbocycles. The number of amides is 2. The lowest BCUT2D eigenvalue weighted by molar-refractivity contribution is -0.131. The maximum atomic E-state index is 12.6. The van der Waals surface area contributed by atoms with Crippen LogP contribution in [0.25, 0.3) is 6.08 Å². The minimum absolute atomic E-state index is 0.0602. The third-order valence-corrected chi connectivity index (χ3v) is 6.34. The average Bonchev–Trinajstić information content (AvgIpc) is 2.89. The first-order chi connectivity index (χ1) is 13.6. The normalized spacial score (nSPS) is 19.6. The van der Waals surface area contributed by atoms with Crippen molar-refractivity contribution >= 4 is 46.2 Å². The SMILES string of the molecule is O=C(CCCN1C(=O)C(=CC=Cc2ccccc2)SC1=S)N1CCCCCC1. The molecule has 0 spiro atoms. The van der Waals surface area contributed by atoms with E-state index >= 15 is 0 Å². The molecule has 0 unspecified atom stereocenters. The number of thioether (sulfide) groups is 1. The predicted molar refractivity (Wildman–Crippen MR) is 120 cm³/mol. The molecular weight excluding hydrogens is 388 g/mol. The van der Waals surface area contributed by atoms with Gasteiger partial charge in [-0.25, -0.2) is 0 Å². The van der Waals surface area contributed by atoms with Crippen LogP contribution in [-0.4, -0.2) is 45.6 Å². The summed E-state index contributed by atoms with van der Waals surface area (Å²) in [6, 6.07) is 9.95. The predicted octanol–water partition coefficient (Wildman–Crippen LogP) is 4.63. The molecule has 0 aromatic heterocycles. The third-order valence-electron chi connectivity index (χ3n) is 4.94. The van der Waals surface area contributed by atoms with E-state index in [0.29, 0.717) is 28.6 Å². The van der Waals surface area contributed by atoms with Crippen molar-refractivity contribution < 1.29 is 9.59 Å². The zero-order valence-corrected chi connectivity index (χ0v) is 17.6. The third kappa shape index (κ3) is 5.79. The highest BCUT2D eigenvalue weighted by molar-refractivity contribution is 8.26. The van der Waals surface area contributed by atoms with Gasteiger partial charge in [-0.1, -0.05) is 79.3 Å². The number of hydrogen-bond donors (Lipinski definition) is 0. The van der Waals surface area contributed by atoms with E-state index in [-0.39, 0.29) is 11.8 Å². The second-order valence-electron chi connectivity index (χ2n) is 7.02. The average molecular weight is 415 g/mol. The van der Waals surface area contributed by atoms with Crippen LogP contribution in [0.5, 0.6) is 0 Å². The maximum absolute atomic E-state index is 12.6. The zero-order valence-electron chi connectivity index (χ0n) is 16.0. The second kappa shape index (κ2) is 10.6. The second-order valence-corrected chi connectivity index (χ2v) is 8.70. The lowest BCUT2D eigenvalue weighted by atomic mass is 10.2. The molecule has 2 saturated heterocycles. The lowest BCUT2D eigenvalue weighted by Crippen LogP contribution is -2.33. The number of rotatable bonds is 6. The van der Waals surface area contributed by atoms with E-state index in [1.54, 1.807) is 4.90 Å². The number of nitrogens with zero attached hydrogens (tertiary/aromatic N) is 2. The van der Waals surface area contributed by atoms with E-state index in [1.165, 1.54) is 24.6 Å². The molecule has 2 fully saturated rings. The van der Waals surface area contributed by atoms with Crippen molar-refractivity contribution in [3.63, 3.8) is 0 Å². The van der Waals surface area contributed by atoms with Crippen LogP contribution in [-0.2, 0) is 9.59 Å². The van der Waals surface area contributed by atoms with Gasteiger partial charge in [0.15, 0.2) is 0 Å². The monoisotopic (exact) mass is 414 g/mol. The summed E-state index contributed by atoms with van der Waals surface area (Å²) < 4.78 is 0.576. The van der Waals surface area contributed by atoms with Crippen LogP contribution in [0.4, 0.5) is 0 Å². The van der Waals surface area contributed by atoms with Crippen LogP contribution in [0.2, 0.25) is 0 Å². The summed E-state index contributed by atoms with van der Waals surface area (Å²) in [5.74, 6) is 0.142. The summed E-state index contributed by atoms with van der Waals surface area (Å²) in [6.07, 6.45) is 11.4. The van der Waals surface area contributed by atoms with Crippen molar-refractivity contribution in [2.24, 2.45) is 0 Å². The number of hydrogen-bond acceptors (Lipinski definition) is 4. The van der Waals surface area contributed by atoms with Crippen molar-refractivity contribution in [3.05, 3.63) is 53.0 Å². The smallest absolute Gasteiger partial charge is 0.266 e. The minimum Gasteiger partial charge on any atom is -0.343 e. The van der Waals surface area contributed by atoms with Gasteiger partial charge in [-0.05, 0) is 30.9 Å². The Morgan fingerprint density at radius 1 is 1.11 bits per heavy atom. The highest BCUT2D eigenvalue weighted by Gasteiger charge is 2.31. The van der Waals surface area contributed by atoms with Gasteiger partial charge in [0.1, 0.15) is 4.32 Å². The molecule has 2 amide bonds. The molecule has 2 aliphatic heterocycles. The number of thiocarbonyl (C=S) groups is 1. The van der Waals surface area contributed by atoms with Gasteiger partial charge in [-0.2, -0.15) is 0 Å². The number of likely N-dealkylation sites (tertiary alicyclic amines) is 1. The minimum atomic E-state index is -0.0602. The molecule has 0 N–H and O–H groups in total.